The van der Waals surface area contributed by atoms with E-state index in [4.69, 9.17) is 4.74 Å². The normalized spacial score (nSPS) is 11.4. The summed E-state index contributed by atoms with van der Waals surface area (Å²) in [6, 6.07) is 19.2. The molecule has 3 aromatic carbocycles. The number of H-pyrrole nitrogens is 1. The van der Waals surface area contributed by atoms with E-state index in [1.165, 1.54) is 36.4 Å². The average molecular weight is 402 g/mol. The topological polar surface area (TPSA) is 124 Å². The summed E-state index contributed by atoms with van der Waals surface area (Å²) in [5.41, 5.74) is 1.65. The van der Waals surface area contributed by atoms with E-state index in [9.17, 15) is 20.2 Å². The maximum absolute atomic E-state index is 11.4. The van der Waals surface area contributed by atoms with Crippen LogP contribution in [0.4, 0.5) is 11.4 Å². The largest absolute Gasteiger partial charge is 0.453 e. The SMILES string of the molecule is O=[N+]([O-])c1ccc(O/C(=C\c2ccccc2[N+](=O)[O-])c2nc3ccccc3[nH]2)cc1. The van der Waals surface area contributed by atoms with Crippen LogP contribution in [0.25, 0.3) is 22.9 Å². The summed E-state index contributed by atoms with van der Waals surface area (Å²) in [4.78, 5) is 28.9. The fraction of sp³-hybridized carbons (Fsp3) is 0. The zero-order valence-electron chi connectivity index (χ0n) is 15.4. The summed E-state index contributed by atoms with van der Waals surface area (Å²) < 4.78 is 5.93. The number of non-ortho nitro benzene ring substituents is 1. The summed E-state index contributed by atoms with van der Waals surface area (Å²) in [7, 11) is 0. The second-order valence-corrected chi connectivity index (χ2v) is 6.28. The van der Waals surface area contributed by atoms with Gasteiger partial charge < -0.3 is 9.72 Å². The number of benzene rings is 3. The molecule has 0 spiro atoms. The predicted molar refractivity (Wildman–Crippen MR) is 111 cm³/mol. The molecule has 0 saturated heterocycles. The van der Waals surface area contributed by atoms with E-state index in [1.807, 2.05) is 24.3 Å². The molecule has 4 aromatic rings. The van der Waals surface area contributed by atoms with Crippen LogP contribution in [0.1, 0.15) is 11.4 Å². The van der Waals surface area contributed by atoms with Gasteiger partial charge in [0.15, 0.2) is 11.6 Å². The number of nitro groups is 2. The molecule has 9 heteroatoms. The molecule has 30 heavy (non-hydrogen) atoms. The number of ether oxygens (including phenoxy) is 1. The fourth-order valence-corrected chi connectivity index (χ4v) is 2.90. The molecule has 0 bridgehead atoms. The molecule has 0 fully saturated rings. The summed E-state index contributed by atoms with van der Waals surface area (Å²) in [5, 5.41) is 22.3. The Morgan fingerprint density at radius 3 is 2.30 bits per heavy atom. The third kappa shape index (κ3) is 3.85. The number of nitro benzene ring substituents is 2. The highest BCUT2D eigenvalue weighted by molar-refractivity contribution is 5.84. The number of nitrogens with one attached hydrogen (secondary N) is 1. The fourth-order valence-electron chi connectivity index (χ4n) is 2.90. The molecular weight excluding hydrogens is 388 g/mol. The molecule has 4 rings (SSSR count). The number of aromatic amines is 1. The Morgan fingerprint density at radius 2 is 1.60 bits per heavy atom. The minimum atomic E-state index is -0.507. The molecule has 1 N–H and O–H groups in total. The molecule has 148 valence electrons. The number of fused-ring (bicyclic) bond motifs is 1. The van der Waals surface area contributed by atoms with Gasteiger partial charge in [0.25, 0.3) is 11.4 Å². The summed E-state index contributed by atoms with van der Waals surface area (Å²) >= 11 is 0. The van der Waals surface area contributed by atoms with Crippen LogP contribution in [0, 0.1) is 20.2 Å². The van der Waals surface area contributed by atoms with Gasteiger partial charge in [-0.3, -0.25) is 20.2 Å². The van der Waals surface area contributed by atoms with Crippen LogP contribution in [0.2, 0.25) is 0 Å². The van der Waals surface area contributed by atoms with Gasteiger partial charge in [-0.15, -0.1) is 0 Å². The molecule has 0 unspecified atom stereocenters. The minimum absolute atomic E-state index is 0.0738. The Bertz CT molecular complexity index is 1250. The van der Waals surface area contributed by atoms with Gasteiger partial charge in [-0.05, 0) is 36.4 Å². The monoisotopic (exact) mass is 402 g/mol. The third-order valence-electron chi connectivity index (χ3n) is 4.32. The smallest absolute Gasteiger partial charge is 0.276 e. The number of nitrogens with zero attached hydrogens (tertiary/aromatic N) is 3. The maximum atomic E-state index is 11.4. The van der Waals surface area contributed by atoms with E-state index < -0.39 is 9.85 Å². The lowest BCUT2D eigenvalue weighted by molar-refractivity contribution is -0.385. The Labute approximate surface area is 169 Å². The lowest BCUT2D eigenvalue weighted by Gasteiger charge is -2.08. The molecule has 0 aliphatic heterocycles. The van der Waals surface area contributed by atoms with E-state index in [0.29, 0.717) is 22.7 Å². The molecule has 0 aliphatic rings. The first-order chi connectivity index (χ1) is 14.5. The van der Waals surface area contributed by atoms with Gasteiger partial charge in [-0.1, -0.05) is 24.3 Å². The van der Waals surface area contributed by atoms with Crippen molar-refractivity contribution in [2.45, 2.75) is 0 Å². The Morgan fingerprint density at radius 1 is 0.900 bits per heavy atom. The molecule has 0 radical (unpaired) electrons. The zero-order chi connectivity index (χ0) is 21.1. The van der Waals surface area contributed by atoms with Gasteiger partial charge in [0.2, 0.25) is 0 Å². The van der Waals surface area contributed by atoms with Crippen molar-refractivity contribution < 1.29 is 14.6 Å². The van der Waals surface area contributed by atoms with Crippen molar-refractivity contribution >= 4 is 34.2 Å². The minimum Gasteiger partial charge on any atom is -0.453 e. The molecule has 1 aromatic heterocycles. The number of hydrogen-bond acceptors (Lipinski definition) is 6. The quantitative estimate of drug-likeness (QED) is 0.276. The van der Waals surface area contributed by atoms with Gasteiger partial charge in [0.1, 0.15) is 5.75 Å². The van der Waals surface area contributed by atoms with E-state index in [0.717, 1.165) is 5.52 Å². The maximum Gasteiger partial charge on any atom is 0.276 e. The van der Waals surface area contributed by atoms with Crippen molar-refractivity contribution in [2.24, 2.45) is 0 Å². The summed E-state index contributed by atoms with van der Waals surface area (Å²) in [6.45, 7) is 0. The first-order valence-electron chi connectivity index (χ1n) is 8.84. The van der Waals surface area contributed by atoms with Crippen LogP contribution in [-0.2, 0) is 0 Å². The summed E-state index contributed by atoms with van der Waals surface area (Å²) in [6.07, 6.45) is 1.51. The van der Waals surface area contributed by atoms with Crippen LogP contribution >= 0.6 is 0 Å². The Hall–Kier alpha value is -4.53. The molecule has 0 aliphatic carbocycles. The van der Waals surface area contributed by atoms with E-state index in [2.05, 4.69) is 9.97 Å². The van der Waals surface area contributed by atoms with Crippen LogP contribution in [0.15, 0.2) is 72.8 Å². The van der Waals surface area contributed by atoms with Crippen LogP contribution < -0.4 is 4.74 Å². The van der Waals surface area contributed by atoms with Crippen molar-refractivity contribution in [3.63, 3.8) is 0 Å². The Kier molecular flexibility index (Phi) is 4.92. The van der Waals surface area contributed by atoms with Crippen molar-refractivity contribution in [1.82, 2.24) is 9.97 Å². The number of para-hydroxylation sites is 3. The molecule has 0 amide bonds. The number of aromatic nitrogens is 2. The lowest BCUT2D eigenvalue weighted by Crippen LogP contribution is -1.99. The molecule has 1 heterocycles. The third-order valence-corrected chi connectivity index (χ3v) is 4.32. The first kappa shape index (κ1) is 18.8. The molecule has 0 saturated carbocycles. The van der Waals surface area contributed by atoms with Crippen LogP contribution in [0.5, 0.6) is 5.75 Å². The van der Waals surface area contributed by atoms with E-state index in [1.54, 1.807) is 18.2 Å². The van der Waals surface area contributed by atoms with Gasteiger partial charge >= 0.3 is 0 Å². The van der Waals surface area contributed by atoms with Crippen molar-refractivity contribution in [3.8, 4) is 5.75 Å². The van der Waals surface area contributed by atoms with Gasteiger partial charge in [0.05, 0.1) is 26.4 Å². The standard InChI is InChI=1S/C21H14N4O5/c26-24(27)15-9-11-16(12-10-15)30-20(13-14-5-1-4-8-19(14)25(28)29)21-22-17-6-2-3-7-18(17)23-21/h1-13H,(H,22,23)/b20-13-. The molecular formula is C21H14N4O5. The van der Waals surface area contributed by atoms with Gasteiger partial charge in [-0.2, -0.15) is 0 Å². The highest BCUT2D eigenvalue weighted by Crippen LogP contribution is 2.28. The zero-order valence-corrected chi connectivity index (χ0v) is 15.4. The lowest BCUT2D eigenvalue weighted by atomic mass is 10.1. The van der Waals surface area contributed by atoms with Crippen molar-refractivity contribution in [3.05, 3.63) is 104 Å². The van der Waals surface area contributed by atoms with Crippen LogP contribution in [-0.4, -0.2) is 19.8 Å². The highest BCUT2D eigenvalue weighted by atomic mass is 16.6. The highest BCUT2D eigenvalue weighted by Gasteiger charge is 2.16. The van der Waals surface area contributed by atoms with Gasteiger partial charge in [-0.25, -0.2) is 4.98 Å². The molecule has 9 nitrogen and oxygen atoms in total. The average Bonchev–Trinajstić information content (AvgIpc) is 3.18. The second kappa shape index (κ2) is 7.84. The Balaban J connectivity index is 1.80. The number of hydrogen-bond donors (Lipinski definition) is 1. The first-order valence-corrected chi connectivity index (χ1v) is 8.84. The molecule has 0 atom stereocenters. The number of imidazole rings is 1. The van der Waals surface area contributed by atoms with Crippen molar-refractivity contribution in [2.75, 3.05) is 0 Å². The van der Waals surface area contributed by atoms with Crippen LogP contribution in [0.3, 0.4) is 0 Å². The van der Waals surface area contributed by atoms with Crippen molar-refractivity contribution in [1.29, 1.82) is 0 Å². The number of rotatable bonds is 6. The van der Waals surface area contributed by atoms with E-state index >= 15 is 0 Å². The second-order valence-electron chi connectivity index (χ2n) is 6.28. The summed E-state index contributed by atoms with van der Waals surface area (Å²) in [5.74, 6) is 0.924. The van der Waals surface area contributed by atoms with E-state index in [-0.39, 0.29) is 17.1 Å². The predicted octanol–water partition coefficient (Wildman–Crippen LogP) is 4.96. The van der Waals surface area contributed by atoms with Gasteiger partial charge in [0, 0.05) is 18.2 Å².